The predicted molar refractivity (Wildman–Crippen MR) is 53.8 cm³/mol. The van der Waals surface area contributed by atoms with Gasteiger partial charge in [-0.3, -0.25) is 4.79 Å². The first-order valence-electron chi connectivity index (χ1n) is 3.81. The fourth-order valence-corrected chi connectivity index (χ4v) is 1.29. The fourth-order valence-electron chi connectivity index (χ4n) is 1.04. The third kappa shape index (κ3) is 2.01. The number of rotatable bonds is 2. The molecule has 1 rings (SSSR count). The van der Waals surface area contributed by atoms with Gasteiger partial charge in [0, 0.05) is 12.2 Å². The lowest BCUT2D eigenvalue weighted by molar-refractivity contribution is 0.265. The summed E-state index contributed by atoms with van der Waals surface area (Å²) < 4.78 is 0. The average molecular weight is 181 g/mol. The Morgan fingerprint density at radius 1 is 1.42 bits per heavy atom. The highest BCUT2D eigenvalue weighted by molar-refractivity contribution is 7.96. The van der Waals surface area contributed by atoms with Gasteiger partial charge in [-0.25, -0.2) is 0 Å². The normalized spacial score (nSPS) is 9.50. The number of hydrogen-bond donors (Lipinski definition) is 1. The number of benzene rings is 1. The van der Waals surface area contributed by atoms with Gasteiger partial charge in [-0.05, 0) is 19.1 Å². The molecule has 2 nitrogen and oxygen atoms in total. The lowest BCUT2D eigenvalue weighted by Crippen LogP contribution is -2.24. The summed E-state index contributed by atoms with van der Waals surface area (Å²) in [6.45, 7) is 2.56. The number of carbonyl (C=O) groups is 1. The van der Waals surface area contributed by atoms with Crippen molar-refractivity contribution in [3.05, 3.63) is 30.3 Å². The number of carbonyl (C=O) groups excluding carboxylic acids is 1. The molecule has 0 bridgehead atoms. The van der Waals surface area contributed by atoms with Crippen molar-refractivity contribution < 1.29 is 4.79 Å². The van der Waals surface area contributed by atoms with Crippen molar-refractivity contribution in [2.45, 2.75) is 6.92 Å². The van der Waals surface area contributed by atoms with Crippen molar-refractivity contribution in [3.63, 3.8) is 0 Å². The van der Waals surface area contributed by atoms with E-state index in [2.05, 4.69) is 12.6 Å². The van der Waals surface area contributed by atoms with Gasteiger partial charge in [0.15, 0.2) is 0 Å². The molecule has 0 aliphatic rings. The maximum Gasteiger partial charge on any atom is 0.282 e. The van der Waals surface area contributed by atoms with Crippen LogP contribution in [-0.4, -0.2) is 11.8 Å². The molecule has 1 aromatic rings. The minimum Gasteiger partial charge on any atom is -0.304 e. The molecule has 64 valence electrons. The molecule has 0 saturated carbocycles. The summed E-state index contributed by atoms with van der Waals surface area (Å²) in [5.41, 5.74) is 0.889. The molecule has 0 fully saturated rings. The summed E-state index contributed by atoms with van der Waals surface area (Å²) in [5, 5.41) is -0.219. The topological polar surface area (TPSA) is 20.3 Å². The Morgan fingerprint density at radius 2 is 2.00 bits per heavy atom. The van der Waals surface area contributed by atoms with Gasteiger partial charge in [0.2, 0.25) is 0 Å². The molecular formula is C9H11NOS. The zero-order chi connectivity index (χ0) is 8.97. The van der Waals surface area contributed by atoms with Crippen LogP contribution in [0.5, 0.6) is 0 Å². The molecule has 0 aromatic heterocycles. The number of amides is 1. The zero-order valence-corrected chi connectivity index (χ0v) is 7.79. The van der Waals surface area contributed by atoms with Crippen LogP contribution in [0.25, 0.3) is 0 Å². The van der Waals surface area contributed by atoms with Crippen molar-refractivity contribution >= 4 is 23.6 Å². The molecule has 1 aromatic carbocycles. The summed E-state index contributed by atoms with van der Waals surface area (Å²) in [6, 6.07) is 9.49. The fraction of sp³-hybridized carbons (Fsp3) is 0.222. The lowest BCUT2D eigenvalue weighted by Gasteiger charge is -2.17. The largest absolute Gasteiger partial charge is 0.304 e. The lowest BCUT2D eigenvalue weighted by atomic mass is 10.3. The molecule has 1 amide bonds. The summed E-state index contributed by atoms with van der Waals surface area (Å²) in [7, 11) is 0. The Hall–Kier alpha value is -0.960. The van der Waals surface area contributed by atoms with E-state index in [1.165, 1.54) is 0 Å². The first kappa shape index (κ1) is 9.13. The van der Waals surface area contributed by atoms with Crippen LogP contribution >= 0.6 is 12.6 Å². The van der Waals surface area contributed by atoms with Gasteiger partial charge in [0.25, 0.3) is 5.24 Å². The quantitative estimate of drug-likeness (QED) is 0.695. The minimum atomic E-state index is -0.219. The second kappa shape index (κ2) is 4.16. The summed E-state index contributed by atoms with van der Waals surface area (Å²) >= 11 is 3.77. The number of nitrogens with zero attached hydrogens (tertiary/aromatic N) is 1. The van der Waals surface area contributed by atoms with Crippen molar-refractivity contribution in [2.24, 2.45) is 0 Å². The highest BCUT2D eigenvalue weighted by Crippen LogP contribution is 2.14. The van der Waals surface area contributed by atoms with Crippen LogP contribution in [0.1, 0.15) is 6.92 Å². The third-order valence-corrected chi connectivity index (χ3v) is 1.86. The van der Waals surface area contributed by atoms with Crippen LogP contribution in [-0.2, 0) is 0 Å². The molecule has 0 spiro atoms. The van der Waals surface area contributed by atoms with Gasteiger partial charge < -0.3 is 4.90 Å². The van der Waals surface area contributed by atoms with Crippen LogP contribution in [0.2, 0.25) is 0 Å². The first-order valence-corrected chi connectivity index (χ1v) is 4.26. The second-order valence-electron chi connectivity index (χ2n) is 2.36. The minimum absolute atomic E-state index is 0.219. The molecule has 0 heterocycles. The third-order valence-electron chi connectivity index (χ3n) is 1.61. The van der Waals surface area contributed by atoms with Crippen LogP contribution in [0.4, 0.5) is 10.5 Å². The molecule has 0 unspecified atom stereocenters. The number of hydrogen-bond acceptors (Lipinski definition) is 1. The van der Waals surface area contributed by atoms with Crippen molar-refractivity contribution in [2.75, 3.05) is 11.4 Å². The number of thiol groups is 1. The van der Waals surface area contributed by atoms with E-state index >= 15 is 0 Å². The number of anilines is 1. The van der Waals surface area contributed by atoms with E-state index in [1.54, 1.807) is 4.90 Å². The van der Waals surface area contributed by atoms with Crippen LogP contribution in [0.15, 0.2) is 30.3 Å². The van der Waals surface area contributed by atoms with Crippen molar-refractivity contribution in [3.8, 4) is 0 Å². The monoisotopic (exact) mass is 181 g/mol. The van der Waals surface area contributed by atoms with Crippen molar-refractivity contribution in [1.82, 2.24) is 0 Å². The maximum absolute atomic E-state index is 11.0. The van der Waals surface area contributed by atoms with Crippen molar-refractivity contribution in [1.29, 1.82) is 0 Å². The van der Waals surface area contributed by atoms with Crippen LogP contribution < -0.4 is 4.90 Å². The van der Waals surface area contributed by atoms with E-state index in [-0.39, 0.29) is 5.24 Å². The molecule has 0 aliphatic heterocycles. The SMILES string of the molecule is CCN(C(=O)S)c1ccccc1. The molecule has 0 saturated heterocycles. The second-order valence-corrected chi connectivity index (χ2v) is 2.74. The Balaban J connectivity index is 2.88. The standard InChI is InChI=1S/C9H11NOS/c1-2-10(9(11)12)8-6-4-3-5-7-8/h3-7H,2H2,1H3,(H,11,12). The predicted octanol–water partition coefficient (Wildman–Crippen LogP) is 2.56. The van der Waals surface area contributed by atoms with Gasteiger partial charge in [-0.1, -0.05) is 30.8 Å². The summed E-state index contributed by atoms with van der Waals surface area (Å²) in [4.78, 5) is 12.6. The van der Waals surface area contributed by atoms with Gasteiger partial charge in [-0.2, -0.15) is 0 Å². The molecule has 0 atom stereocenters. The molecular weight excluding hydrogens is 170 g/mol. The average Bonchev–Trinajstić information content (AvgIpc) is 2.07. The van der Waals surface area contributed by atoms with Crippen LogP contribution in [0, 0.1) is 0 Å². The Bertz CT molecular complexity index is 260. The Kier molecular flexibility index (Phi) is 3.17. The highest BCUT2D eigenvalue weighted by Gasteiger charge is 2.07. The van der Waals surface area contributed by atoms with E-state index in [0.29, 0.717) is 6.54 Å². The van der Waals surface area contributed by atoms with E-state index in [4.69, 9.17) is 0 Å². The van der Waals surface area contributed by atoms with E-state index in [1.807, 2.05) is 37.3 Å². The smallest absolute Gasteiger partial charge is 0.282 e. The van der Waals surface area contributed by atoms with E-state index in [9.17, 15) is 4.79 Å². The van der Waals surface area contributed by atoms with Gasteiger partial charge >= 0.3 is 0 Å². The van der Waals surface area contributed by atoms with E-state index in [0.717, 1.165) is 5.69 Å². The Morgan fingerprint density at radius 3 is 2.42 bits per heavy atom. The highest BCUT2D eigenvalue weighted by atomic mass is 32.1. The summed E-state index contributed by atoms with van der Waals surface area (Å²) in [5.74, 6) is 0. The number of para-hydroxylation sites is 1. The summed E-state index contributed by atoms with van der Waals surface area (Å²) in [6.07, 6.45) is 0. The van der Waals surface area contributed by atoms with Gasteiger partial charge in [0.1, 0.15) is 0 Å². The zero-order valence-electron chi connectivity index (χ0n) is 6.90. The van der Waals surface area contributed by atoms with Crippen LogP contribution in [0.3, 0.4) is 0 Å². The van der Waals surface area contributed by atoms with E-state index < -0.39 is 0 Å². The molecule has 3 heteroatoms. The maximum atomic E-state index is 11.0. The van der Waals surface area contributed by atoms with Gasteiger partial charge in [-0.15, -0.1) is 0 Å². The molecule has 12 heavy (non-hydrogen) atoms. The first-order chi connectivity index (χ1) is 5.75. The van der Waals surface area contributed by atoms with Gasteiger partial charge in [0.05, 0.1) is 0 Å². The molecule has 0 aliphatic carbocycles. The Labute approximate surface area is 77.6 Å². The molecule has 0 radical (unpaired) electrons. The molecule has 0 N–H and O–H groups in total.